The summed E-state index contributed by atoms with van der Waals surface area (Å²) >= 11 is 0. The van der Waals surface area contributed by atoms with E-state index in [0.29, 0.717) is 11.4 Å². The molecular formula is C18H23N5. The second kappa shape index (κ2) is 8.74. The molecule has 0 amide bonds. The van der Waals surface area contributed by atoms with E-state index in [-0.39, 0.29) is 0 Å². The predicted molar refractivity (Wildman–Crippen MR) is 93.5 cm³/mol. The first-order valence-corrected chi connectivity index (χ1v) is 8.11. The number of anilines is 2. The number of nitriles is 1. The van der Waals surface area contributed by atoms with Crippen molar-refractivity contribution in [3.63, 3.8) is 0 Å². The van der Waals surface area contributed by atoms with Crippen LogP contribution in [0, 0.1) is 11.3 Å². The Hall–Kier alpha value is -2.61. The second-order valence-electron chi connectivity index (χ2n) is 5.24. The first kappa shape index (κ1) is 16.8. The molecule has 1 aromatic carbocycles. The Kier molecular flexibility index (Phi) is 6.37. The molecule has 1 heterocycles. The maximum atomic E-state index is 9.43. The molecule has 0 saturated carbocycles. The monoisotopic (exact) mass is 309 g/mol. The third-order valence-electron chi connectivity index (χ3n) is 3.71. The number of benzene rings is 1. The summed E-state index contributed by atoms with van der Waals surface area (Å²) in [4.78, 5) is 0. The summed E-state index contributed by atoms with van der Waals surface area (Å²) < 4.78 is 0. The van der Waals surface area contributed by atoms with Gasteiger partial charge in [-0.25, -0.2) is 0 Å². The van der Waals surface area contributed by atoms with Gasteiger partial charge >= 0.3 is 0 Å². The van der Waals surface area contributed by atoms with Crippen molar-refractivity contribution in [2.24, 2.45) is 0 Å². The molecule has 2 aromatic rings. The Morgan fingerprint density at radius 3 is 2.39 bits per heavy atom. The number of aromatic nitrogens is 2. The van der Waals surface area contributed by atoms with Gasteiger partial charge < -0.3 is 10.6 Å². The summed E-state index contributed by atoms with van der Waals surface area (Å²) in [5.74, 6) is 0.598. The minimum absolute atomic E-state index is 0.598. The fourth-order valence-electron chi connectivity index (χ4n) is 2.50. The van der Waals surface area contributed by atoms with Gasteiger partial charge in [0.2, 0.25) is 0 Å². The Balaban J connectivity index is 1.89. The highest BCUT2D eigenvalue weighted by atomic mass is 15.2. The summed E-state index contributed by atoms with van der Waals surface area (Å²) in [6, 6.07) is 12.4. The van der Waals surface area contributed by atoms with Crippen LogP contribution in [-0.2, 0) is 12.8 Å². The molecule has 0 unspecified atom stereocenters. The lowest BCUT2D eigenvalue weighted by Gasteiger charge is -2.12. The lowest BCUT2D eigenvalue weighted by molar-refractivity contribution is 0.853. The molecule has 0 spiro atoms. The van der Waals surface area contributed by atoms with E-state index < -0.39 is 0 Å². The van der Waals surface area contributed by atoms with Crippen molar-refractivity contribution in [2.45, 2.75) is 33.1 Å². The van der Waals surface area contributed by atoms with E-state index in [1.165, 1.54) is 0 Å². The van der Waals surface area contributed by atoms with Crippen molar-refractivity contribution in [3.05, 3.63) is 47.2 Å². The molecule has 0 bridgehead atoms. The largest absolute Gasteiger partial charge is 0.385 e. The van der Waals surface area contributed by atoms with Crippen LogP contribution < -0.4 is 10.6 Å². The van der Waals surface area contributed by atoms with Crippen molar-refractivity contribution < 1.29 is 0 Å². The van der Waals surface area contributed by atoms with Crippen LogP contribution in [0.25, 0.3) is 0 Å². The zero-order valence-electron chi connectivity index (χ0n) is 13.8. The molecule has 0 fully saturated rings. The fourth-order valence-corrected chi connectivity index (χ4v) is 2.50. The Morgan fingerprint density at radius 2 is 1.74 bits per heavy atom. The van der Waals surface area contributed by atoms with E-state index in [9.17, 15) is 5.26 Å². The maximum Gasteiger partial charge on any atom is 0.166 e. The summed E-state index contributed by atoms with van der Waals surface area (Å²) in [6.45, 7) is 5.69. The van der Waals surface area contributed by atoms with E-state index in [1.807, 2.05) is 44.2 Å². The van der Waals surface area contributed by atoms with E-state index in [1.54, 1.807) is 0 Å². The number of hydrogen-bond acceptors (Lipinski definition) is 5. The molecule has 2 N–H and O–H groups in total. The van der Waals surface area contributed by atoms with E-state index in [0.717, 1.165) is 49.3 Å². The van der Waals surface area contributed by atoms with Crippen molar-refractivity contribution >= 4 is 11.5 Å². The molecule has 5 heteroatoms. The van der Waals surface area contributed by atoms with E-state index in [4.69, 9.17) is 0 Å². The number of para-hydroxylation sites is 1. The lowest BCUT2D eigenvalue weighted by atomic mass is 10.0. The quantitative estimate of drug-likeness (QED) is 0.731. The summed E-state index contributed by atoms with van der Waals surface area (Å²) in [7, 11) is 0. The molecule has 2 rings (SSSR count). The molecule has 0 saturated heterocycles. The average molecular weight is 309 g/mol. The lowest BCUT2D eigenvalue weighted by Crippen LogP contribution is -2.13. The molecule has 0 atom stereocenters. The van der Waals surface area contributed by atoms with Gasteiger partial charge in [-0.2, -0.15) is 10.4 Å². The van der Waals surface area contributed by atoms with Crippen molar-refractivity contribution in [3.8, 4) is 6.07 Å². The predicted octanol–water partition coefficient (Wildman–Crippen LogP) is 3.39. The summed E-state index contributed by atoms with van der Waals surface area (Å²) in [5.41, 5.74) is 3.68. The number of rotatable bonds is 8. The van der Waals surface area contributed by atoms with Gasteiger partial charge in [-0.05, 0) is 37.0 Å². The van der Waals surface area contributed by atoms with E-state index >= 15 is 0 Å². The van der Waals surface area contributed by atoms with Crippen LogP contribution in [0.15, 0.2) is 30.3 Å². The number of nitrogens with zero attached hydrogens (tertiary/aromatic N) is 3. The smallest absolute Gasteiger partial charge is 0.166 e. The standard InChI is InChI=1S/C18H23N5/c1-3-15-16(13-19)18(23-22-17(15)4-2)21-12-8-11-20-14-9-6-5-7-10-14/h5-7,9-10,20H,3-4,8,11-12H2,1-2H3,(H,21,23). The van der Waals surface area contributed by atoms with Crippen LogP contribution in [0.2, 0.25) is 0 Å². The van der Waals surface area contributed by atoms with Crippen LogP contribution in [0.3, 0.4) is 0 Å². The molecule has 23 heavy (non-hydrogen) atoms. The van der Waals surface area contributed by atoms with Gasteiger partial charge in [-0.1, -0.05) is 32.0 Å². The number of nitrogens with one attached hydrogen (secondary N) is 2. The Bertz CT molecular complexity index is 661. The molecule has 0 aliphatic carbocycles. The molecule has 1 aromatic heterocycles. The highest BCUT2D eigenvalue weighted by Gasteiger charge is 2.13. The minimum Gasteiger partial charge on any atom is -0.385 e. The molecule has 0 radical (unpaired) electrons. The third kappa shape index (κ3) is 4.43. The first-order chi connectivity index (χ1) is 11.3. The first-order valence-electron chi connectivity index (χ1n) is 8.11. The molecule has 5 nitrogen and oxygen atoms in total. The van der Waals surface area contributed by atoms with Crippen molar-refractivity contribution in [1.29, 1.82) is 5.26 Å². The van der Waals surface area contributed by atoms with Crippen LogP contribution in [0.1, 0.15) is 37.1 Å². The summed E-state index contributed by atoms with van der Waals surface area (Å²) in [5, 5.41) is 24.5. The third-order valence-corrected chi connectivity index (χ3v) is 3.71. The summed E-state index contributed by atoms with van der Waals surface area (Å²) in [6.07, 6.45) is 2.52. The van der Waals surface area contributed by atoms with Gasteiger partial charge in [0.25, 0.3) is 0 Å². The zero-order valence-corrected chi connectivity index (χ0v) is 13.8. The van der Waals surface area contributed by atoms with Crippen molar-refractivity contribution in [2.75, 3.05) is 23.7 Å². The van der Waals surface area contributed by atoms with E-state index in [2.05, 4.69) is 26.9 Å². The maximum absolute atomic E-state index is 9.43. The average Bonchev–Trinajstić information content (AvgIpc) is 2.61. The Morgan fingerprint density at radius 1 is 1.00 bits per heavy atom. The zero-order chi connectivity index (χ0) is 16.5. The molecule has 120 valence electrons. The van der Waals surface area contributed by atoms with Gasteiger partial charge in [-0.3, -0.25) is 0 Å². The van der Waals surface area contributed by atoms with Crippen LogP contribution >= 0.6 is 0 Å². The Labute approximate surface area is 137 Å². The topological polar surface area (TPSA) is 73.6 Å². The molecular weight excluding hydrogens is 286 g/mol. The highest BCUT2D eigenvalue weighted by Crippen LogP contribution is 2.19. The SMILES string of the molecule is CCc1nnc(NCCCNc2ccccc2)c(C#N)c1CC. The van der Waals surface area contributed by atoms with Gasteiger partial charge in [0.15, 0.2) is 5.82 Å². The number of hydrogen-bond donors (Lipinski definition) is 2. The van der Waals surface area contributed by atoms with Gasteiger partial charge in [0.05, 0.1) is 5.69 Å². The second-order valence-corrected chi connectivity index (χ2v) is 5.24. The van der Waals surface area contributed by atoms with Crippen LogP contribution in [-0.4, -0.2) is 23.3 Å². The van der Waals surface area contributed by atoms with Crippen LogP contribution in [0.4, 0.5) is 11.5 Å². The van der Waals surface area contributed by atoms with Gasteiger partial charge in [-0.15, -0.1) is 5.10 Å². The minimum atomic E-state index is 0.598. The van der Waals surface area contributed by atoms with Crippen molar-refractivity contribution in [1.82, 2.24) is 10.2 Å². The van der Waals surface area contributed by atoms with Crippen LogP contribution in [0.5, 0.6) is 0 Å². The molecule has 0 aliphatic heterocycles. The number of aryl methyl sites for hydroxylation is 1. The fraction of sp³-hybridized carbons (Fsp3) is 0.389. The highest BCUT2D eigenvalue weighted by molar-refractivity contribution is 5.56. The molecule has 0 aliphatic rings. The van der Waals surface area contributed by atoms with Gasteiger partial charge in [0.1, 0.15) is 11.6 Å². The van der Waals surface area contributed by atoms with Gasteiger partial charge in [0, 0.05) is 18.8 Å². The normalized spacial score (nSPS) is 10.1.